The molecule has 1 heterocycles. The van der Waals surface area contributed by atoms with Crippen LogP contribution in [0.25, 0.3) is 0 Å². The molecular weight excluding hydrogens is 174 g/mol. The van der Waals surface area contributed by atoms with Crippen LogP contribution in [0.4, 0.5) is 0 Å². The molecule has 2 rings (SSSR count). The van der Waals surface area contributed by atoms with E-state index in [2.05, 4.69) is 35.6 Å². The van der Waals surface area contributed by atoms with Crippen LogP contribution in [0.15, 0.2) is 30.3 Å². The molecule has 0 aromatic heterocycles. The highest BCUT2D eigenvalue weighted by molar-refractivity contribution is 5.12. The van der Waals surface area contributed by atoms with Crippen LogP contribution < -0.4 is 5.32 Å². The summed E-state index contributed by atoms with van der Waals surface area (Å²) < 4.78 is 5.56. The van der Waals surface area contributed by atoms with Crippen LogP contribution in [-0.2, 0) is 11.3 Å². The summed E-state index contributed by atoms with van der Waals surface area (Å²) in [6.07, 6.45) is 2.98. The van der Waals surface area contributed by atoms with Gasteiger partial charge in [-0.3, -0.25) is 0 Å². The first-order valence-electron chi connectivity index (χ1n) is 5.42. The van der Waals surface area contributed by atoms with E-state index in [1.807, 2.05) is 0 Å². The third-order valence-electron chi connectivity index (χ3n) is 2.68. The number of benzene rings is 1. The van der Waals surface area contributed by atoms with Gasteiger partial charge in [-0.2, -0.15) is 0 Å². The quantitative estimate of drug-likeness (QED) is 0.754. The molecule has 0 amide bonds. The minimum atomic E-state index is 0.499. The fraction of sp³-hybridized carbons (Fsp3) is 0.500. The number of hydrogen-bond acceptors (Lipinski definition) is 1. The Morgan fingerprint density at radius 2 is 2.14 bits per heavy atom. The van der Waals surface area contributed by atoms with E-state index < -0.39 is 0 Å². The zero-order valence-electron chi connectivity index (χ0n) is 8.49. The predicted molar refractivity (Wildman–Crippen MR) is 55.9 cm³/mol. The van der Waals surface area contributed by atoms with Gasteiger partial charge in [0.1, 0.15) is 19.2 Å². The van der Waals surface area contributed by atoms with Crippen molar-refractivity contribution in [2.24, 2.45) is 0 Å². The summed E-state index contributed by atoms with van der Waals surface area (Å²) in [7, 11) is 0. The fourth-order valence-corrected chi connectivity index (χ4v) is 1.88. The van der Waals surface area contributed by atoms with E-state index in [9.17, 15) is 0 Å². The van der Waals surface area contributed by atoms with Crippen LogP contribution in [0.1, 0.15) is 18.4 Å². The van der Waals surface area contributed by atoms with Crippen molar-refractivity contribution in [3.05, 3.63) is 35.9 Å². The highest BCUT2D eigenvalue weighted by atomic mass is 16.5. The highest BCUT2D eigenvalue weighted by Crippen LogP contribution is 2.09. The van der Waals surface area contributed by atoms with Crippen molar-refractivity contribution < 1.29 is 10.1 Å². The number of quaternary nitrogens is 1. The maximum absolute atomic E-state index is 5.56. The second-order valence-electron chi connectivity index (χ2n) is 3.85. The van der Waals surface area contributed by atoms with Gasteiger partial charge < -0.3 is 10.1 Å². The zero-order chi connectivity index (χ0) is 9.64. The highest BCUT2D eigenvalue weighted by Gasteiger charge is 2.16. The smallest absolute Gasteiger partial charge is 0.106 e. The van der Waals surface area contributed by atoms with E-state index in [-0.39, 0.29) is 0 Å². The maximum Gasteiger partial charge on any atom is 0.106 e. The molecule has 76 valence electrons. The van der Waals surface area contributed by atoms with Crippen molar-refractivity contribution in [3.8, 4) is 0 Å². The Morgan fingerprint density at radius 3 is 2.86 bits per heavy atom. The van der Waals surface area contributed by atoms with E-state index in [4.69, 9.17) is 4.74 Å². The second kappa shape index (κ2) is 5.13. The lowest BCUT2D eigenvalue weighted by Gasteiger charge is -2.07. The Bertz CT molecular complexity index is 254. The zero-order valence-corrected chi connectivity index (χ0v) is 8.49. The first kappa shape index (κ1) is 9.69. The van der Waals surface area contributed by atoms with Gasteiger partial charge >= 0.3 is 0 Å². The molecule has 0 radical (unpaired) electrons. The number of nitrogens with two attached hydrogens (primary N) is 1. The first-order valence-corrected chi connectivity index (χ1v) is 5.42. The predicted octanol–water partition coefficient (Wildman–Crippen LogP) is 0.929. The average molecular weight is 192 g/mol. The van der Waals surface area contributed by atoms with Gasteiger partial charge in [-0.05, 0) is 12.8 Å². The molecular formula is C12H18NO+. The van der Waals surface area contributed by atoms with Crippen molar-refractivity contribution in [2.75, 3.05) is 13.2 Å². The summed E-state index contributed by atoms with van der Waals surface area (Å²) in [4.78, 5) is 0. The van der Waals surface area contributed by atoms with Crippen LogP contribution in [0.3, 0.4) is 0 Å². The Balaban J connectivity index is 1.67. The molecule has 1 aromatic rings. The summed E-state index contributed by atoms with van der Waals surface area (Å²) in [5.41, 5.74) is 1.39. The average Bonchev–Trinajstić information content (AvgIpc) is 2.72. The summed E-state index contributed by atoms with van der Waals surface area (Å²) in [5, 5.41) is 2.34. The molecule has 2 heteroatoms. The largest absolute Gasteiger partial charge is 0.372 e. The molecule has 2 nitrogen and oxygen atoms in total. The summed E-state index contributed by atoms with van der Waals surface area (Å²) in [6.45, 7) is 3.14. The Morgan fingerprint density at radius 1 is 1.29 bits per heavy atom. The van der Waals surface area contributed by atoms with Crippen molar-refractivity contribution in [3.63, 3.8) is 0 Å². The monoisotopic (exact) mass is 192 g/mol. The minimum Gasteiger partial charge on any atom is -0.372 e. The topological polar surface area (TPSA) is 25.8 Å². The maximum atomic E-state index is 5.56. The molecule has 2 N–H and O–H groups in total. The van der Waals surface area contributed by atoms with Crippen LogP contribution in [0, 0.1) is 0 Å². The lowest BCUT2D eigenvalue weighted by Crippen LogP contribution is -2.84. The van der Waals surface area contributed by atoms with Crippen molar-refractivity contribution in [1.82, 2.24) is 0 Å². The van der Waals surface area contributed by atoms with Crippen LogP contribution in [0.5, 0.6) is 0 Å². The van der Waals surface area contributed by atoms with Crippen LogP contribution in [-0.4, -0.2) is 19.3 Å². The van der Waals surface area contributed by atoms with Gasteiger partial charge in [-0.1, -0.05) is 30.3 Å². The molecule has 14 heavy (non-hydrogen) atoms. The first-order chi connectivity index (χ1) is 6.95. The molecule has 1 aromatic carbocycles. The molecule has 1 saturated heterocycles. The van der Waals surface area contributed by atoms with Gasteiger partial charge in [0.15, 0.2) is 0 Å². The van der Waals surface area contributed by atoms with E-state index >= 15 is 0 Å². The lowest BCUT2D eigenvalue weighted by atomic mass is 10.2. The summed E-state index contributed by atoms with van der Waals surface area (Å²) >= 11 is 0. The lowest BCUT2D eigenvalue weighted by molar-refractivity contribution is -0.676. The second-order valence-corrected chi connectivity index (χ2v) is 3.85. The van der Waals surface area contributed by atoms with Crippen molar-refractivity contribution in [1.29, 1.82) is 0 Å². The van der Waals surface area contributed by atoms with Gasteiger partial charge in [0.05, 0.1) is 0 Å². The molecule has 1 atom stereocenters. The number of hydrogen-bond donors (Lipinski definition) is 1. The molecule has 1 aliphatic rings. The van der Waals surface area contributed by atoms with Gasteiger partial charge in [-0.25, -0.2) is 0 Å². The third kappa shape index (κ3) is 2.82. The van der Waals surface area contributed by atoms with Crippen LogP contribution in [0.2, 0.25) is 0 Å². The van der Waals surface area contributed by atoms with Crippen molar-refractivity contribution in [2.45, 2.75) is 25.5 Å². The molecule has 1 fully saturated rings. The fourth-order valence-electron chi connectivity index (χ4n) is 1.88. The van der Waals surface area contributed by atoms with E-state index in [1.165, 1.54) is 18.4 Å². The van der Waals surface area contributed by atoms with Gasteiger partial charge in [0.25, 0.3) is 0 Å². The molecule has 0 bridgehead atoms. The molecule has 1 aliphatic heterocycles. The Labute approximate surface area is 85.3 Å². The van der Waals surface area contributed by atoms with Gasteiger partial charge in [0, 0.05) is 12.2 Å². The Hall–Kier alpha value is -0.860. The standard InChI is InChI=1S/C12H17NO/c1-2-5-11(6-3-1)9-13-10-12-7-4-8-14-12/h1-3,5-6,12-13H,4,7-10H2/p+1/t12-/m0/s1. The summed E-state index contributed by atoms with van der Waals surface area (Å²) in [6, 6.07) is 10.6. The normalized spacial score (nSPS) is 21.3. The molecule has 0 spiro atoms. The van der Waals surface area contributed by atoms with E-state index in [0.29, 0.717) is 6.10 Å². The minimum absolute atomic E-state index is 0.499. The summed E-state index contributed by atoms with van der Waals surface area (Å²) in [5.74, 6) is 0. The number of rotatable bonds is 4. The van der Waals surface area contributed by atoms with E-state index in [1.54, 1.807) is 0 Å². The van der Waals surface area contributed by atoms with Crippen LogP contribution >= 0.6 is 0 Å². The third-order valence-corrected chi connectivity index (χ3v) is 2.68. The van der Waals surface area contributed by atoms with E-state index in [0.717, 1.165) is 19.7 Å². The van der Waals surface area contributed by atoms with Crippen molar-refractivity contribution >= 4 is 0 Å². The SMILES string of the molecule is c1ccc(C[NH2+]C[C@@H]2CCCO2)cc1. The number of ether oxygens (including phenoxy) is 1. The van der Waals surface area contributed by atoms with Gasteiger partial charge in [-0.15, -0.1) is 0 Å². The molecule has 0 saturated carbocycles. The molecule has 0 aliphatic carbocycles. The molecule has 0 unspecified atom stereocenters. The Kier molecular flexibility index (Phi) is 3.55. The van der Waals surface area contributed by atoms with Gasteiger partial charge in [0.2, 0.25) is 0 Å².